The van der Waals surface area contributed by atoms with Crippen LogP contribution >= 0.6 is 0 Å². The number of para-hydroxylation sites is 1. The van der Waals surface area contributed by atoms with E-state index < -0.39 is 0 Å². The van der Waals surface area contributed by atoms with Gasteiger partial charge < -0.3 is 16.0 Å². The summed E-state index contributed by atoms with van der Waals surface area (Å²) in [5, 5.41) is 4.73. The maximum absolute atomic E-state index is 6.13. The average molecular weight is 272 g/mol. The van der Waals surface area contributed by atoms with Gasteiger partial charge in [0.25, 0.3) is 0 Å². The van der Waals surface area contributed by atoms with E-state index >= 15 is 0 Å². The fraction of sp³-hybridized carbons (Fsp3) is 0.500. The molecule has 2 aromatic rings. The number of nitrogens with one attached hydrogen (secondary N) is 2. The van der Waals surface area contributed by atoms with Gasteiger partial charge in [-0.05, 0) is 25.0 Å². The summed E-state index contributed by atoms with van der Waals surface area (Å²) in [4.78, 5) is 5.90. The van der Waals surface area contributed by atoms with E-state index in [1.54, 1.807) is 0 Å². The van der Waals surface area contributed by atoms with Gasteiger partial charge in [-0.2, -0.15) is 0 Å². The van der Waals surface area contributed by atoms with Crippen LogP contribution in [0.4, 0.5) is 0 Å². The van der Waals surface area contributed by atoms with E-state index in [1.165, 1.54) is 16.5 Å². The highest BCUT2D eigenvalue weighted by molar-refractivity contribution is 5.83. The van der Waals surface area contributed by atoms with Gasteiger partial charge >= 0.3 is 0 Å². The molecular formula is C16H24N4. The summed E-state index contributed by atoms with van der Waals surface area (Å²) in [6.07, 6.45) is 3.13. The van der Waals surface area contributed by atoms with Crippen molar-refractivity contribution in [3.8, 4) is 0 Å². The van der Waals surface area contributed by atoms with Crippen molar-refractivity contribution in [3.63, 3.8) is 0 Å². The summed E-state index contributed by atoms with van der Waals surface area (Å²) >= 11 is 0. The van der Waals surface area contributed by atoms with Gasteiger partial charge in [0.05, 0.1) is 0 Å². The molecule has 4 nitrogen and oxygen atoms in total. The Morgan fingerprint density at radius 3 is 2.75 bits per heavy atom. The highest BCUT2D eigenvalue weighted by Crippen LogP contribution is 2.25. The molecule has 1 aromatic carbocycles. The minimum absolute atomic E-state index is 0.0348. The third-order valence-electron chi connectivity index (χ3n) is 4.57. The van der Waals surface area contributed by atoms with Gasteiger partial charge in [0.15, 0.2) is 0 Å². The molecule has 0 spiro atoms. The van der Waals surface area contributed by atoms with Gasteiger partial charge in [-0.1, -0.05) is 18.2 Å². The fourth-order valence-electron chi connectivity index (χ4n) is 3.21. The quantitative estimate of drug-likeness (QED) is 0.787. The molecule has 1 aliphatic heterocycles. The number of fused-ring (bicyclic) bond motifs is 1. The molecule has 2 heterocycles. The van der Waals surface area contributed by atoms with Gasteiger partial charge in [0, 0.05) is 55.4 Å². The molecule has 0 radical (unpaired) electrons. The van der Waals surface area contributed by atoms with Gasteiger partial charge in [0.1, 0.15) is 0 Å². The van der Waals surface area contributed by atoms with Crippen molar-refractivity contribution in [2.24, 2.45) is 5.73 Å². The summed E-state index contributed by atoms with van der Waals surface area (Å²) in [7, 11) is 0. The normalized spacial score (nSPS) is 20.1. The van der Waals surface area contributed by atoms with E-state index in [9.17, 15) is 0 Å². The van der Waals surface area contributed by atoms with Crippen LogP contribution in [-0.2, 0) is 6.42 Å². The zero-order valence-electron chi connectivity index (χ0n) is 12.2. The molecular weight excluding hydrogens is 248 g/mol. The summed E-state index contributed by atoms with van der Waals surface area (Å²) in [5.41, 5.74) is 8.74. The molecule has 4 heteroatoms. The third-order valence-corrected chi connectivity index (χ3v) is 4.57. The van der Waals surface area contributed by atoms with Gasteiger partial charge in [-0.3, -0.25) is 4.90 Å². The molecule has 1 unspecified atom stereocenters. The average Bonchev–Trinajstić information content (AvgIpc) is 2.91. The lowest BCUT2D eigenvalue weighted by atomic mass is 9.90. The Bertz CT molecular complexity index is 571. The van der Waals surface area contributed by atoms with E-state index in [-0.39, 0.29) is 5.54 Å². The molecule has 1 atom stereocenters. The number of aromatic amines is 1. The zero-order chi connectivity index (χ0) is 14.0. The molecule has 0 amide bonds. The lowest BCUT2D eigenvalue weighted by Gasteiger charge is -2.43. The maximum atomic E-state index is 6.13. The Balaban J connectivity index is 1.86. The van der Waals surface area contributed by atoms with Gasteiger partial charge in [0.2, 0.25) is 0 Å². The summed E-state index contributed by atoms with van der Waals surface area (Å²) < 4.78 is 0. The number of H-pyrrole nitrogens is 1. The molecule has 4 N–H and O–H groups in total. The SMILES string of the molecule is CC(CN)(Cc1c[nH]c2ccccc12)N1CCNCC1. The number of piperazine rings is 1. The van der Waals surface area contributed by atoms with Crippen molar-refractivity contribution < 1.29 is 0 Å². The Morgan fingerprint density at radius 1 is 1.25 bits per heavy atom. The lowest BCUT2D eigenvalue weighted by molar-refractivity contribution is 0.0949. The van der Waals surface area contributed by atoms with Crippen LogP contribution in [0.25, 0.3) is 10.9 Å². The molecule has 0 bridgehead atoms. The smallest absolute Gasteiger partial charge is 0.0456 e. The predicted octanol–water partition coefficient (Wildman–Crippen LogP) is 1.33. The number of hydrogen-bond donors (Lipinski definition) is 3. The van der Waals surface area contributed by atoms with Crippen molar-refractivity contribution in [2.45, 2.75) is 18.9 Å². The Hall–Kier alpha value is -1.36. The summed E-state index contributed by atoms with van der Waals surface area (Å²) in [5.74, 6) is 0. The molecule has 1 aromatic heterocycles. The third kappa shape index (κ3) is 2.46. The van der Waals surface area contributed by atoms with Crippen molar-refractivity contribution >= 4 is 10.9 Å². The van der Waals surface area contributed by atoms with Crippen LogP contribution in [0.15, 0.2) is 30.5 Å². The maximum Gasteiger partial charge on any atom is 0.0456 e. The van der Waals surface area contributed by atoms with Crippen LogP contribution < -0.4 is 11.1 Å². The highest BCUT2D eigenvalue weighted by Gasteiger charge is 2.32. The van der Waals surface area contributed by atoms with Gasteiger partial charge in [-0.25, -0.2) is 0 Å². The number of nitrogens with zero attached hydrogens (tertiary/aromatic N) is 1. The number of hydrogen-bond acceptors (Lipinski definition) is 3. The fourth-order valence-corrected chi connectivity index (χ4v) is 3.21. The second-order valence-electron chi connectivity index (χ2n) is 5.97. The molecule has 0 saturated carbocycles. The molecule has 1 saturated heterocycles. The van der Waals surface area contributed by atoms with E-state index in [2.05, 4.69) is 52.6 Å². The van der Waals surface area contributed by atoms with E-state index in [0.29, 0.717) is 6.54 Å². The highest BCUT2D eigenvalue weighted by atomic mass is 15.2. The number of rotatable bonds is 4. The Kier molecular flexibility index (Phi) is 3.78. The molecule has 1 fully saturated rings. The van der Waals surface area contributed by atoms with Crippen molar-refractivity contribution in [2.75, 3.05) is 32.7 Å². The first-order valence-corrected chi connectivity index (χ1v) is 7.44. The van der Waals surface area contributed by atoms with Crippen LogP contribution in [0, 0.1) is 0 Å². The number of benzene rings is 1. The van der Waals surface area contributed by atoms with E-state index in [4.69, 9.17) is 5.73 Å². The van der Waals surface area contributed by atoms with E-state index in [1.807, 2.05) is 0 Å². The van der Waals surface area contributed by atoms with Gasteiger partial charge in [-0.15, -0.1) is 0 Å². The molecule has 1 aliphatic rings. The summed E-state index contributed by atoms with van der Waals surface area (Å²) in [6.45, 7) is 7.26. The zero-order valence-corrected chi connectivity index (χ0v) is 12.2. The Labute approximate surface area is 120 Å². The van der Waals surface area contributed by atoms with Crippen LogP contribution in [-0.4, -0.2) is 48.1 Å². The molecule has 20 heavy (non-hydrogen) atoms. The Morgan fingerprint density at radius 2 is 2.00 bits per heavy atom. The minimum Gasteiger partial charge on any atom is -0.361 e. The predicted molar refractivity (Wildman–Crippen MR) is 83.9 cm³/mol. The molecule has 108 valence electrons. The van der Waals surface area contributed by atoms with Crippen LogP contribution in [0.5, 0.6) is 0 Å². The van der Waals surface area contributed by atoms with E-state index in [0.717, 1.165) is 32.6 Å². The number of nitrogens with two attached hydrogens (primary N) is 1. The largest absolute Gasteiger partial charge is 0.361 e. The topological polar surface area (TPSA) is 57.1 Å². The molecule has 0 aliphatic carbocycles. The monoisotopic (exact) mass is 272 g/mol. The van der Waals surface area contributed by atoms with Crippen LogP contribution in [0.1, 0.15) is 12.5 Å². The number of aromatic nitrogens is 1. The second-order valence-corrected chi connectivity index (χ2v) is 5.97. The first-order chi connectivity index (χ1) is 9.73. The lowest BCUT2D eigenvalue weighted by Crippen LogP contribution is -2.59. The first kappa shape index (κ1) is 13.6. The summed E-state index contributed by atoms with van der Waals surface area (Å²) in [6, 6.07) is 8.49. The molecule has 3 rings (SSSR count). The van der Waals surface area contributed by atoms with Crippen molar-refractivity contribution in [1.82, 2.24) is 15.2 Å². The first-order valence-electron chi connectivity index (χ1n) is 7.44. The second kappa shape index (κ2) is 5.56. The minimum atomic E-state index is 0.0348. The van der Waals surface area contributed by atoms with Crippen molar-refractivity contribution in [3.05, 3.63) is 36.0 Å². The standard InChI is InChI=1S/C16H24N4/c1-16(12-17,20-8-6-18-7-9-20)10-13-11-19-15-5-3-2-4-14(13)15/h2-5,11,18-19H,6-10,12,17H2,1H3. The van der Waals surface area contributed by atoms with Crippen LogP contribution in [0.2, 0.25) is 0 Å². The van der Waals surface area contributed by atoms with Crippen LogP contribution in [0.3, 0.4) is 0 Å². The van der Waals surface area contributed by atoms with Crippen molar-refractivity contribution in [1.29, 1.82) is 0 Å².